The number of nitrogens with zero attached hydrogens (tertiary/aromatic N) is 1. The highest BCUT2D eigenvalue weighted by molar-refractivity contribution is 5.98. The number of carbonyl (C=O) groups is 1. The van der Waals surface area contributed by atoms with Gasteiger partial charge in [0.1, 0.15) is 0 Å². The maximum atomic E-state index is 12.2. The molecule has 1 fully saturated rings. The Kier molecular flexibility index (Phi) is 9.76. The summed E-state index contributed by atoms with van der Waals surface area (Å²) < 4.78 is 5.78. The molecule has 1 aliphatic rings. The molecule has 3 N–H and O–H groups in total. The van der Waals surface area contributed by atoms with Crippen molar-refractivity contribution in [2.45, 2.75) is 39.1 Å². The molecule has 0 bridgehead atoms. The number of amides is 1. The van der Waals surface area contributed by atoms with Crippen molar-refractivity contribution >= 4 is 36.4 Å². The van der Waals surface area contributed by atoms with Crippen molar-refractivity contribution in [1.29, 1.82) is 0 Å². The number of hydrogen-bond donors (Lipinski definition) is 2. The van der Waals surface area contributed by atoms with Gasteiger partial charge in [-0.3, -0.25) is 9.69 Å². The number of anilines is 1. The van der Waals surface area contributed by atoms with Gasteiger partial charge in [-0.1, -0.05) is 36.4 Å². The fraction of sp³-hybridized carbons (Fsp3) is 0.381. The number of hydrogen-bond acceptors (Lipinski definition) is 4. The van der Waals surface area contributed by atoms with E-state index < -0.39 is 0 Å². The van der Waals surface area contributed by atoms with Gasteiger partial charge in [-0.2, -0.15) is 0 Å². The Morgan fingerprint density at radius 2 is 1.61 bits per heavy atom. The summed E-state index contributed by atoms with van der Waals surface area (Å²) in [5.74, 6) is -0.150. The van der Waals surface area contributed by atoms with Crippen molar-refractivity contribution in [2.24, 2.45) is 0 Å². The molecule has 0 radical (unpaired) electrons. The van der Waals surface area contributed by atoms with Gasteiger partial charge in [0.05, 0.1) is 17.8 Å². The average Bonchev–Trinajstić information content (AvgIpc) is 2.60. The monoisotopic (exact) mass is 425 g/mol. The lowest BCUT2D eigenvalue weighted by Gasteiger charge is -2.35. The van der Waals surface area contributed by atoms with Gasteiger partial charge in [0.25, 0.3) is 5.91 Å². The van der Waals surface area contributed by atoms with E-state index in [1.165, 1.54) is 5.56 Å². The number of carbonyl (C=O) groups excluding carboxylic acids is 1. The molecule has 28 heavy (non-hydrogen) atoms. The van der Waals surface area contributed by atoms with Gasteiger partial charge in [0.2, 0.25) is 0 Å². The van der Waals surface area contributed by atoms with Crippen molar-refractivity contribution in [2.75, 3.05) is 18.8 Å². The zero-order valence-electron chi connectivity index (χ0n) is 16.3. The van der Waals surface area contributed by atoms with E-state index in [9.17, 15) is 4.79 Å². The first-order chi connectivity index (χ1) is 12.5. The van der Waals surface area contributed by atoms with Gasteiger partial charge in [-0.15, -0.1) is 24.8 Å². The molecule has 2 unspecified atom stereocenters. The summed E-state index contributed by atoms with van der Waals surface area (Å²) in [5, 5.41) is 2.92. The van der Waals surface area contributed by atoms with Crippen molar-refractivity contribution in [3.05, 3.63) is 65.2 Å². The molecule has 0 saturated carbocycles. The maximum Gasteiger partial charge on any atom is 0.253 e. The number of nitrogens with one attached hydrogen (secondary N) is 1. The number of rotatable bonds is 5. The number of nitrogens with two attached hydrogens (primary N) is 1. The summed E-state index contributed by atoms with van der Waals surface area (Å²) in [6.45, 7) is 7.56. The second-order valence-corrected chi connectivity index (χ2v) is 7.04. The number of halogens is 2. The van der Waals surface area contributed by atoms with Crippen molar-refractivity contribution in [3.8, 4) is 0 Å². The molecule has 7 heteroatoms. The van der Waals surface area contributed by atoms with E-state index in [0.717, 1.165) is 25.2 Å². The number of benzene rings is 2. The lowest BCUT2D eigenvalue weighted by Crippen LogP contribution is -2.44. The molecule has 0 spiro atoms. The summed E-state index contributed by atoms with van der Waals surface area (Å²) in [6, 6.07) is 15.5. The summed E-state index contributed by atoms with van der Waals surface area (Å²) in [4.78, 5) is 14.6. The lowest BCUT2D eigenvalue weighted by atomic mass is 10.1. The second kappa shape index (κ2) is 11.3. The van der Waals surface area contributed by atoms with Gasteiger partial charge in [-0.05, 0) is 37.1 Å². The minimum Gasteiger partial charge on any atom is -0.398 e. The second-order valence-electron chi connectivity index (χ2n) is 7.04. The molecule has 0 aromatic heterocycles. The van der Waals surface area contributed by atoms with Crippen molar-refractivity contribution in [3.63, 3.8) is 0 Å². The first-order valence-corrected chi connectivity index (χ1v) is 9.09. The highest BCUT2D eigenvalue weighted by atomic mass is 35.5. The molecule has 1 heterocycles. The number of morpholine rings is 1. The van der Waals surface area contributed by atoms with Crippen molar-refractivity contribution < 1.29 is 9.53 Å². The zero-order valence-corrected chi connectivity index (χ0v) is 17.9. The Hall–Kier alpha value is -1.79. The van der Waals surface area contributed by atoms with Crippen LogP contribution in [0.15, 0.2) is 48.5 Å². The van der Waals surface area contributed by atoms with E-state index >= 15 is 0 Å². The first kappa shape index (κ1) is 24.2. The number of nitrogen functional groups attached to an aromatic ring is 1. The largest absolute Gasteiger partial charge is 0.398 e. The summed E-state index contributed by atoms with van der Waals surface area (Å²) >= 11 is 0. The Bertz CT molecular complexity index is 746. The SMILES string of the molecule is CC1CN(Cc2ccc(CNC(=O)c3ccccc3N)cc2)CC(C)O1.Cl.Cl. The van der Waals surface area contributed by atoms with E-state index in [0.29, 0.717) is 17.8 Å². The Balaban J connectivity index is 0.00000196. The molecule has 1 aliphatic heterocycles. The van der Waals surface area contributed by atoms with E-state index in [1.807, 2.05) is 12.1 Å². The van der Waals surface area contributed by atoms with Crippen LogP contribution in [-0.4, -0.2) is 36.1 Å². The van der Waals surface area contributed by atoms with Crippen LogP contribution in [0.1, 0.15) is 35.3 Å². The third kappa shape index (κ3) is 6.67. The Labute approximate surface area is 179 Å². The maximum absolute atomic E-state index is 12.2. The average molecular weight is 426 g/mol. The van der Waals surface area contributed by atoms with Crippen LogP contribution in [-0.2, 0) is 17.8 Å². The standard InChI is InChI=1S/C21H27N3O2.2ClH/c1-15-12-24(13-16(2)26-15)14-18-9-7-17(8-10-18)11-23-21(25)19-5-3-4-6-20(19)22;;/h3-10,15-16H,11-14,22H2,1-2H3,(H,23,25);2*1H. The molecule has 0 aliphatic carbocycles. The quantitative estimate of drug-likeness (QED) is 0.717. The normalized spacial score (nSPS) is 19.2. The predicted molar refractivity (Wildman–Crippen MR) is 118 cm³/mol. The smallest absolute Gasteiger partial charge is 0.253 e. The van der Waals surface area contributed by atoms with Crippen LogP contribution < -0.4 is 11.1 Å². The van der Waals surface area contributed by atoms with Crippen LogP contribution in [0.2, 0.25) is 0 Å². The highest BCUT2D eigenvalue weighted by Crippen LogP contribution is 2.15. The fourth-order valence-electron chi connectivity index (χ4n) is 3.42. The molecular weight excluding hydrogens is 397 g/mol. The topological polar surface area (TPSA) is 67.6 Å². The zero-order chi connectivity index (χ0) is 18.5. The molecule has 3 rings (SSSR count). The third-order valence-corrected chi connectivity index (χ3v) is 4.58. The van der Waals surface area contributed by atoms with Gasteiger partial charge in [0.15, 0.2) is 0 Å². The summed E-state index contributed by atoms with van der Waals surface area (Å²) in [6.07, 6.45) is 0.553. The molecule has 154 valence electrons. The van der Waals surface area contributed by atoms with Crippen LogP contribution >= 0.6 is 24.8 Å². The van der Waals surface area contributed by atoms with Crippen LogP contribution in [0.4, 0.5) is 5.69 Å². The molecule has 5 nitrogen and oxygen atoms in total. The van der Waals surface area contributed by atoms with Gasteiger partial charge in [-0.25, -0.2) is 0 Å². The van der Waals surface area contributed by atoms with Crippen LogP contribution in [0, 0.1) is 0 Å². The molecule has 2 atom stereocenters. The van der Waals surface area contributed by atoms with E-state index in [-0.39, 0.29) is 42.9 Å². The molecule has 2 aromatic rings. The molecule has 2 aromatic carbocycles. The van der Waals surface area contributed by atoms with Crippen LogP contribution in [0.25, 0.3) is 0 Å². The van der Waals surface area contributed by atoms with Crippen LogP contribution in [0.5, 0.6) is 0 Å². The summed E-state index contributed by atoms with van der Waals surface area (Å²) in [7, 11) is 0. The number of ether oxygens (including phenoxy) is 1. The first-order valence-electron chi connectivity index (χ1n) is 9.09. The lowest BCUT2D eigenvalue weighted by molar-refractivity contribution is -0.0704. The minimum absolute atomic E-state index is 0. The number of para-hydroxylation sites is 1. The predicted octanol–water partition coefficient (Wildman–Crippen LogP) is 3.65. The van der Waals surface area contributed by atoms with E-state index in [4.69, 9.17) is 10.5 Å². The van der Waals surface area contributed by atoms with Gasteiger partial charge < -0.3 is 15.8 Å². The highest BCUT2D eigenvalue weighted by Gasteiger charge is 2.21. The minimum atomic E-state index is -0.150. The van der Waals surface area contributed by atoms with Gasteiger partial charge in [0, 0.05) is 31.9 Å². The molecule has 1 amide bonds. The van der Waals surface area contributed by atoms with E-state index in [1.54, 1.807) is 12.1 Å². The van der Waals surface area contributed by atoms with E-state index in [2.05, 4.69) is 48.3 Å². The fourth-order valence-corrected chi connectivity index (χ4v) is 3.42. The van der Waals surface area contributed by atoms with Crippen LogP contribution in [0.3, 0.4) is 0 Å². The molecular formula is C21H29Cl2N3O2. The third-order valence-electron chi connectivity index (χ3n) is 4.58. The van der Waals surface area contributed by atoms with Gasteiger partial charge >= 0.3 is 0 Å². The molecule has 1 saturated heterocycles. The Morgan fingerprint density at radius 3 is 2.21 bits per heavy atom. The summed E-state index contributed by atoms with van der Waals surface area (Å²) in [5.41, 5.74) is 9.19. The Morgan fingerprint density at radius 1 is 1.04 bits per heavy atom. The van der Waals surface area contributed by atoms with Crippen molar-refractivity contribution in [1.82, 2.24) is 10.2 Å².